The van der Waals surface area contributed by atoms with E-state index in [2.05, 4.69) is 34.7 Å². The van der Waals surface area contributed by atoms with E-state index in [0.29, 0.717) is 17.6 Å². The van der Waals surface area contributed by atoms with Crippen LogP contribution < -0.4 is 0 Å². The van der Waals surface area contributed by atoms with Crippen molar-refractivity contribution >= 4 is 29.4 Å². The summed E-state index contributed by atoms with van der Waals surface area (Å²) in [6.45, 7) is 15.4. The van der Waals surface area contributed by atoms with Gasteiger partial charge in [0.15, 0.2) is 12.3 Å². The summed E-state index contributed by atoms with van der Waals surface area (Å²) in [4.78, 5) is 19.1. The second-order valence-electron chi connectivity index (χ2n) is 7.49. The van der Waals surface area contributed by atoms with Crippen molar-refractivity contribution in [3.05, 3.63) is 23.8 Å². The van der Waals surface area contributed by atoms with Crippen molar-refractivity contribution in [2.75, 3.05) is 26.2 Å². The van der Waals surface area contributed by atoms with E-state index < -0.39 is 0 Å². The second-order valence-corrected chi connectivity index (χ2v) is 8.26. The molecule has 0 aliphatic carbocycles. The molecule has 0 atom stereocenters. The summed E-state index contributed by atoms with van der Waals surface area (Å²) in [5.41, 5.74) is 3.22. The Labute approximate surface area is 171 Å². The lowest BCUT2D eigenvalue weighted by atomic mass is 9.82. The lowest BCUT2D eigenvalue weighted by molar-refractivity contribution is -1.09. The van der Waals surface area contributed by atoms with Gasteiger partial charge in [0.25, 0.3) is 0 Å². The van der Waals surface area contributed by atoms with Crippen molar-refractivity contribution in [2.45, 2.75) is 58.3 Å². The first kappa shape index (κ1) is 22.8. The van der Waals surface area contributed by atoms with Crippen molar-refractivity contribution in [1.82, 2.24) is 0 Å². The molecule has 7 nitrogen and oxygen atoms in total. The van der Waals surface area contributed by atoms with Gasteiger partial charge in [0.1, 0.15) is 26.1 Å². The molecule has 0 saturated carbocycles. The Morgan fingerprint density at radius 1 is 1.21 bits per heavy atom. The van der Waals surface area contributed by atoms with E-state index in [1.807, 2.05) is 39.0 Å². The van der Waals surface area contributed by atoms with Gasteiger partial charge in [-0.3, -0.25) is 4.84 Å². The Bertz CT molecular complexity index is 736. The lowest BCUT2D eigenvalue weighted by Crippen LogP contribution is -2.49. The van der Waals surface area contributed by atoms with E-state index in [0.717, 1.165) is 47.8 Å². The van der Waals surface area contributed by atoms with Crippen LogP contribution in [-0.2, 0) is 24.4 Å². The third-order valence-corrected chi connectivity index (χ3v) is 6.54. The first-order valence-corrected chi connectivity index (χ1v) is 10.5. The molecule has 0 saturated heterocycles. The van der Waals surface area contributed by atoms with Gasteiger partial charge in [-0.15, -0.1) is 8.98 Å². The monoisotopic (exact) mass is 412 g/mol. The van der Waals surface area contributed by atoms with Crippen molar-refractivity contribution < 1.29 is 33.5 Å². The normalized spacial score (nSPS) is 15.7. The third-order valence-electron chi connectivity index (χ3n) is 5.97. The fraction of sp³-hybridized carbons (Fsp3) is 0.600. The molecule has 1 heterocycles. The summed E-state index contributed by atoms with van der Waals surface area (Å²) >= 11 is 0.946. The lowest BCUT2D eigenvalue weighted by Gasteiger charge is -2.31. The van der Waals surface area contributed by atoms with Crippen LogP contribution >= 0.6 is 12.0 Å². The summed E-state index contributed by atoms with van der Waals surface area (Å²) in [5, 5.41) is 12.0. The zero-order chi connectivity index (χ0) is 20.9. The van der Waals surface area contributed by atoms with Gasteiger partial charge in [0.05, 0.1) is 17.5 Å². The Hall–Kier alpha value is -1.45. The van der Waals surface area contributed by atoms with Gasteiger partial charge >= 0.3 is 5.97 Å². The standard InChI is InChI=1S/C20H31N2O5S/c1-7-22(8-2,9-3)25-19(23)12-13-21-15(4)20(5,6)17-14-16(28-27-26-24)10-11-18(17)21/h10-11,14H,7-9,12-13H2,1-6H3/q+1/p+1. The highest BCUT2D eigenvalue weighted by molar-refractivity contribution is 7.94. The molecule has 28 heavy (non-hydrogen) atoms. The van der Waals surface area contributed by atoms with Crippen LogP contribution in [0, 0.1) is 0 Å². The van der Waals surface area contributed by atoms with Gasteiger partial charge in [0, 0.05) is 23.4 Å². The highest BCUT2D eigenvalue weighted by atomic mass is 32.2. The van der Waals surface area contributed by atoms with Crippen LogP contribution in [0.5, 0.6) is 0 Å². The number of hydroxylamine groups is 3. The predicted molar refractivity (Wildman–Crippen MR) is 108 cm³/mol. The maximum Gasteiger partial charge on any atom is 0.373 e. The van der Waals surface area contributed by atoms with Crippen LogP contribution in [0.15, 0.2) is 23.1 Å². The summed E-state index contributed by atoms with van der Waals surface area (Å²) < 4.78 is 7.09. The maximum atomic E-state index is 12.5. The van der Waals surface area contributed by atoms with E-state index in [1.165, 1.54) is 5.71 Å². The molecule has 0 spiro atoms. The van der Waals surface area contributed by atoms with Crippen LogP contribution in [0.25, 0.3) is 0 Å². The summed E-state index contributed by atoms with van der Waals surface area (Å²) in [7, 11) is 0. The van der Waals surface area contributed by atoms with Gasteiger partial charge in [-0.1, -0.05) is 5.04 Å². The average Bonchev–Trinajstić information content (AvgIpc) is 2.89. The second kappa shape index (κ2) is 9.37. The van der Waals surface area contributed by atoms with Crippen LogP contribution in [0.1, 0.15) is 53.5 Å². The average molecular weight is 413 g/mol. The molecule has 0 bridgehead atoms. The van der Waals surface area contributed by atoms with Crippen molar-refractivity contribution in [3.8, 4) is 0 Å². The van der Waals surface area contributed by atoms with E-state index in [4.69, 9.17) is 10.1 Å². The van der Waals surface area contributed by atoms with E-state index in [1.54, 1.807) is 0 Å². The molecule has 2 rings (SSSR count). The fourth-order valence-electron chi connectivity index (χ4n) is 3.69. The van der Waals surface area contributed by atoms with Crippen molar-refractivity contribution in [3.63, 3.8) is 0 Å². The molecule has 0 amide bonds. The molecule has 0 fully saturated rings. The van der Waals surface area contributed by atoms with Crippen molar-refractivity contribution in [1.29, 1.82) is 0 Å². The summed E-state index contributed by atoms with van der Waals surface area (Å²) in [6, 6.07) is 5.93. The Kier molecular flexibility index (Phi) is 7.64. The highest BCUT2D eigenvalue weighted by Gasteiger charge is 2.43. The number of rotatable bonds is 10. The predicted octanol–water partition coefficient (Wildman–Crippen LogP) is 4.24. The minimum absolute atomic E-state index is 0.175. The molecule has 8 heteroatoms. The van der Waals surface area contributed by atoms with Crippen LogP contribution in [0.4, 0.5) is 5.69 Å². The number of fused-ring (bicyclic) bond motifs is 1. The Balaban J connectivity index is 2.16. The largest absolute Gasteiger partial charge is 0.373 e. The zero-order valence-corrected chi connectivity index (χ0v) is 18.5. The summed E-state index contributed by atoms with van der Waals surface area (Å²) in [5.74, 6) is -0.176. The molecule has 0 unspecified atom stereocenters. The van der Waals surface area contributed by atoms with Crippen molar-refractivity contribution in [2.24, 2.45) is 0 Å². The number of carbonyl (C=O) groups is 1. The zero-order valence-electron chi connectivity index (χ0n) is 17.7. The van der Waals surface area contributed by atoms with Gasteiger partial charge in [-0.2, -0.15) is 4.58 Å². The van der Waals surface area contributed by atoms with E-state index in [9.17, 15) is 4.79 Å². The smallest absolute Gasteiger partial charge is 0.276 e. The first-order valence-electron chi connectivity index (χ1n) is 9.74. The highest BCUT2D eigenvalue weighted by Crippen LogP contribution is 2.41. The molecular weight excluding hydrogens is 380 g/mol. The fourth-order valence-corrected chi connectivity index (χ4v) is 4.09. The molecule has 0 radical (unpaired) electrons. The summed E-state index contributed by atoms with van der Waals surface area (Å²) in [6.07, 6.45) is 0.324. The van der Waals surface area contributed by atoms with E-state index >= 15 is 0 Å². The molecule has 1 aromatic carbocycles. The molecule has 156 valence electrons. The quantitative estimate of drug-likeness (QED) is 0.204. The SMILES string of the molecule is CC[N+](CC)(CC)OC(=O)CC[N+]1=C(C)C(C)(C)c2cc(SOOO)ccc21. The van der Waals surface area contributed by atoms with Gasteiger partial charge in [-0.25, -0.2) is 10.1 Å². The number of quaternary nitrogens is 1. The topological polar surface area (TPSA) is 68.0 Å². The Morgan fingerprint density at radius 2 is 1.86 bits per heavy atom. The molecule has 1 aliphatic rings. The number of nitrogens with zero attached hydrogens (tertiary/aromatic N) is 2. The molecule has 1 aromatic rings. The molecule has 1 N–H and O–H groups in total. The van der Waals surface area contributed by atoms with Gasteiger partial charge in [-0.05, 0) is 46.8 Å². The van der Waals surface area contributed by atoms with Gasteiger partial charge < -0.3 is 0 Å². The molecular formula is C20H32N2O5S+2. The maximum absolute atomic E-state index is 12.5. The number of hydrogen-bond acceptors (Lipinski definition) is 6. The number of carbonyl (C=O) groups excluding carboxylic acids is 1. The van der Waals surface area contributed by atoms with Crippen LogP contribution in [-0.4, -0.2) is 52.3 Å². The van der Waals surface area contributed by atoms with E-state index in [-0.39, 0.29) is 11.4 Å². The van der Waals surface area contributed by atoms with Crippen LogP contribution in [0.3, 0.4) is 0 Å². The van der Waals surface area contributed by atoms with Crippen LogP contribution in [0.2, 0.25) is 0 Å². The third kappa shape index (κ3) is 4.58. The molecule has 0 aromatic heterocycles. The minimum Gasteiger partial charge on any atom is -0.276 e. The number of benzene rings is 1. The first-order chi connectivity index (χ1) is 13.2. The minimum atomic E-state index is -0.176. The number of hydrogen-bond donors (Lipinski definition) is 1. The van der Waals surface area contributed by atoms with Gasteiger partial charge in [0.2, 0.25) is 5.69 Å². The Morgan fingerprint density at radius 3 is 2.43 bits per heavy atom. The molecule has 1 aliphatic heterocycles.